The van der Waals surface area contributed by atoms with Gasteiger partial charge < -0.3 is 5.32 Å². The maximum absolute atomic E-state index is 11.4. The van der Waals surface area contributed by atoms with E-state index in [1.165, 1.54) is 0 Å². The van der Waals surface area contributed by atoms with Crippen molar-refractivity contribution in [2.75, 3.05) is 11.9 Å². The van der Waals surface area contributed by atoms with Crippen molar-refractivity contribution in [1.82, 2.24) is 0 Å². The van der Waals surface area contributed by atoms with Crippen molar-refractivity contribution in [3.8, 4) is 0 Å². The Labute approximate surface area is 88.3 Å². The molecule has 0 spiro atoms. The maximum atomic E-state index is 11.4. The van der Waals surface area contributed by atoms with Gasteiger partial charge in [-0.2, -0.15) is 0 Å². The van der Waals surface area contributed by atoms with E-state index < -0.39 is 0 Å². The van der Waals surface area contributed by atoms with Crippen molar-refractivity contribution in [2.24, 2.45) is 0 Å². The lowest BCUT2D eigenvalue weighted by atomic mass is 10.0. The summed E-state index contributed by atoms with van der Waals surface area (Å²) in [6.45, 7) is 2.69. The van der Waals surface area contributed by atoms with E-state index in [4.69, 9.17) is 11.6 Å². The van der Waals surface area contributed by atoms with Gasteiger partial charge in [0.15, 0.2) is 0 Å². The Bertz CT molecular complexity index is 387. The molecule has 14 heavy (non-hydrogen) atoms. The summed E-state index contributed by atoms with van der Waals surface area (Å²) in [5.41, 5.74) is 3.15. The van der Waals surface area contributed by atoms with Gasteiger partial charge in [0.1, 0.15) is 5.78 Å². The summed E-state index contributed by atoms with van der Waals surface area (Å²) in [6.07, 6.45) is 1.13. The van der Waals surface area contributed by atoms with E-state index in [-0.39, 0.29) is 5.78 Å². The average Bonchev–Trinajstić information content (AvgIpc) is 2.34. The van der Waals surface area contributed by atoms with E-state index in [1.807, 2.05) is 19.1 Å². The van der Waals surface area contributed by atoms with E-state index in [9.17, 15) is 4.79 Å². The van der Waals surface area contributed by atoms with Gasteiger partial charge in [0.25, 0.3) is 0 Å². The summed E-state index contributed by atoms with van der Waals surface area (Å²) in [6, 6.07) is 3.79. The summed E-state index contributed by atoms with van der Waals surface area (Å²) in [5, 5.41) is 4.01. The zero-order chi connectivity index (χ0) is 10.1. The van der Waals surface area contributed by atoms with Crippen LogP contribution < -0.4 is 5.32 Å². The zero-order valence-corrected chi connectivity index (χ0v) is 8.82. The van der Waals surface area contributed by atoms with E-state index >= 15 is 0 Å². The van der Waals surface area contributed by atoms with Gasteiger partial charge in [0.2, 0.25) is 0 Å². The Morgan fingerprint density at radius 1 is 1.43 bits per heavy atom. The molecule has 0 unspecified atom stereocenters. The summed E-state index contributed by atoms with van der Waals surface area (Å²) in [4.78, 5) is 11.4. The lowest BCUT2D eigenvalue weighted by Crippen LogP contribution is -2.04. The monoisotopic (exact) mass is 209 g/mol. The lowest BCUT2D eigenvalue weighted by Gasteiger charge is -2.11. The molecule has 2 nitrogen and oxygen atoms in total. The molecular weight excluding hydrogens is 198 g/mol. The topological polar surface area (TPSA) is 29.1 Å². The number of hydrogen-bond donors (Lipinski definition) is 1. The van der Waals surface area contributed by atoms with Crippen LogP contribution in [-0.4, -0.2) is 12.3 Å². The minimum atomic E-state index is 0.290. The van der Waals surface area contributed by atoms with Crippen LogP contribution in [-0.2, 0) is 11.2 Å². The molecule has 0 aromatic heterocycles. The van der Waals surface area contributed by atoms with Gasteiger partial charge >= 0.3 is 0 Å². The fourth-order valence-corrected chi connectivity index (χ4v) is 1.92. The molecule has 1 aliphatic heterocycles. The highest BCUT2D eigenvalue weighted by Crippen LogP contribution is 2.29. The van der Waals surface area contributed by atoms with Gasteiger partial charge in [0.05, 0.1) is 0 Å². The standard InChI is InChI=1S/C11H12ClNO/c1-7-10(12)3-2-8-6-9(14)4-5-13-11(7)8/h2-3,13H,4-6H2,1H3. The first-order valence-electron chi connectivity index (χ1n) is 4.72. The average molecular weight is 210 g/mol. The van der Waals surface area contributed by atoms with Gasteiger partial charge in [-0.3, -0.25) is 4.79 Å². The van der Waals surface area contributed by atoms with Crippen molar-refractivity contribution in [3.63, 3.8) is 0 Å². The van der Waals surface area contributed by atoms with Crippen molar-refractivity contribution in [2.45, 2.75) is 19.8 Å². The first-order chi connectivity index (χ1) is 6.68. The minimum absolute atomic E-state index is 0.290. The number of Topliss-reactive ketones (excluding diaryl/α,β-unsaturated/α-hetero) is 1. The highest BCUT2D eigenvalue weighted by molar-refractivity contribution is 6.31. The molecule has 1 N–H and O–H groups in total. The van der Waals surface area contributed by atoms with Gasteiger partial charge in [0, 0.05) is 30.1 Å². The smallest absolute Gasteiger partial charge is 0.139 e. The van der Waals surface area contributed by atoms with Crippen LogP contribution >= 0.6 is 11.6 Å². The normalized spacial score (nSPS) is 15.7. The van der Waals surface area contributed by atoms with E-state index in [1.54, 1.807) is 0 Å². The molecule has 0 atom stereocenters. The first kappa shape index (κ1) is 9.53. The molecule has 2 rings (SSSR count). The number of benzene rings is 1. The molecule has 1 aromatic carbocycles. The molecule has 1 aliphatic rings. The van der Waals surface area contributed by atoms with Crippen LogP contribution in [0.3, 0.4) is 0 Å². The van der Waals surface area contributed by atoms with Gasteiger partial charge in [-0.05, 0) is 24.1 Å². The quantitative estimate of drug-likeness (QED) is 0.712. The minimum Gasteiger partial charge on any atom is -0.384 e. The Morgan fingerprint density at radius 2 is 2.21 bits per heavy atom. The SMILES string of the molecule is Cc1c(Cl)ccc2c1NCCC(=O)C2. The number of hydrogen-bond acceptors (Lipinski definition) is 2. The van der Waals surface area contributed by atoms with Crippen LogP contribution in [0, 0.1) is 6.92 Å². The number of anilines is 1. The molecule has 0 radical (unpaired) electrons. The van der Waals surface area contributed by atoms with Crippen LogP contribution in [0.4, 0.5) is 5.69 Å². The highest BCUT2D eigenvalue weighted by atomic mass is 35.5. The molecule has 3 heteroatoms. The second-order valence-electron chi connectivity index (χ2n) is 3.60. The third-order valence-electron chi connectivity index (χ3n) is 2.58. The molecule has 0 bridgehead atoms. The van der Waals surface area contributed by atoms with Crippen molar-refractivity contribution in [1.29, 1.82) is 0 Å². The third kappa shape index (κ3) is 1.62. The number of carbonyl (C=O) groups excluding carboxylic acids is 1. The molecule has 0 saturated carbocycles. The Balaban J connectivity index is 2.50. The van der Waals surface area contributed by atoms with Crippen LogP contribution in [0.25, 0.3) is 0 Å². The number of fused-ring (bicyclic) bond motifs is 1. The van der Waals surface area contributed by atoms with E-state index in [0.29, 0.717) is 19.4 Å². The van der Waals surface area contributed by atoms with Crippen LogP contribution in [0.5, 0.6) is 0 Å². The number of halogens is 1. The predicted octanol–water partition coefficient (Wildman–Crippen LogP) is 2.58. The van der Waals surface area contributed by atoms with Crippen molar-refractivity contribution < 1.29 is 4.79 Å². The predicted molar refractivity (Wildman–Crippen MR) is 58.0 cm³/mol. The van der Waals surface area contributed by atoms with Gasteiger partial charge in [-0.25, -0.2) is 0 Å². The zero-order valence-electron chi connectivity index (χ0n) is 8.06. The van der Waals surface area contributed by atoms with E-state index in [0.717, 1.165) is 21.8 Å². The lowest BCUT2D eigenvalue weighted by molar-refractivity contribution is -0.118. The summed E-state index contributed by atoms with van der Waals surface area (Å²) < 4.78 is 0. The number of nitrogens with one attached hydrogen (secondary N) is 1. The van der Waals surface area contributed by atoms with E-state index in [2.05, 4.69) is 5.32 Å². The number of ketones is 1. The van der Waals surface area contributed by atoms with Crippen LogP contribution in [0.15, 0.2) is 12.1 Å². The second-order valence-corrected chi connectivity index (χ2v) is 4.01. The third-order valence-corrected chi connectivity index (χ3v) is 2.99. The molecule has 1 aromatic rings. The van der Waals surface area contributed by atoms with Gasteiger partial charge in [-0.15, -0.1) is 0 Å². The molecule has 0 aliphatic carbocycles. The number of rotatable bonds is 0. The number of carbonyl (C=O) groups is 1. The highest BCUT2D eigenvalue weighted by Gasteiger charge is 2.15. The molecule has 0 saturated heterocycles. The molecular formula is C11H12ClNO. The molecule has 1 heterocycles. The first-order valence-corrected chi connectivity index (χ1v) is 5.10. The van der Waals surface area contributed by atoms with Gasteiger partial charge in [-0.1, -0.05) is 17.7 Å². The van der Waals surface area contributed by atoms with Crippen molar-refractivity contribution in [3.05, 3.63) is 28.3 Å². The van der Waals surface area contributed by atoms with Crippen LogP contribution in [0.2, 0.25) is 5.02 Å². The van der Waals surface area contributed by atoms with Crippen molar-refractivity contribution >= 4 is 23.1 Å². The Kier molecular flexibility index (Phi) is 2.46. The summed E-state index contributed by atoms with van der Waals surface area (Å²) in [7, 11) is 0. The molecule has 74 valence electrons. The maximum Gasteiger partial charge on any atom is 0.139 e. The molecule has 0 amide bonds. The Morgan fingerprint density at radius 3 is 3.00 bits per heavy atom. The fourth-order valence-electron chi connectivity index (χ4n) is 1.76. The Hall–Kier alpha value is -1.02. The molecule has 0 fully saturated rings. The largest absolute Gasteiger partial charge is 0.384 e. The summed E-state index contributed by atoms with van der Waals surface area (Å²) >= 11 is 6.01. The van der Waals surface area contributed by atoms with Crippen LogP contribution in [0.1, 0.15) is 17.5 Å². The second kappa shape index (κ2) is 3.62. The summed E-state index contributed by atoms with van der Waals surface area (Å²) in [5.74, 6) is 0.290. The fraction of sp³-hybridized carbons (Fsp3) is 0.364.